The fourth-order valence-corrected chi connectivity index (χ4v) is 2.62. The van der Waals surface area contributed by atoms with Crippen molar-refractivity contribution in [2.45, 2.75) is 38.6 Å². The maximum absolute atomic E-state index is 12.4. The average Bonchev–Trinajstić information content (AvgIpc) is 2.88. The quantitative estimate of drug-likeness (QED) is 0.927. The Hall–Kier alpha value is -2.01. The van der Waals surface area contributed by atoms with E-state index in [2.05, 4.69) is 15.4 Å². The number of anilines is 2. The molecule has 3 rings (SSSR count). The molecular weight excluding hydrogens is 314 g/mol. The van der Waals surface area contributed by atoms with E-state index in [4.69, 9.17) is 16.1 Å². The highest BCUT2D eigenvalue weighted by atomic mass is 35.5. The van der Waals surface area contributed by atoms with Crippen molar-refractivity contribution in [1.29, 1.82) is 0 Å². The maximum atomic E-state index is 12.4. The maximum Gasteiger partial charge on any atom is 0.248 e. The van der Waals surface area contributed by atoms with Crippen molar-refractivity contribution in [2.24, 2.45) is 0 Å². The van der Waals surface area contributed by atoms with E-state index in [-0.39, 0.29) is 17.4 Å². The number of hydrogen-bond acceptors (Lipinski definition) is 4. The van der Waals surface area contributed by atoms with Gasteiger partial charge in [-0.2, -0.15) is 0 Å². The summed E-state index contributed by atoms with van der Waals surface area (Å²) in [5.74, 6) is 1.14. The fraction of sp³-hybridized carbons (Fsp3) is 0.412. The summed E-state index contributed by atoms with van der Waals surface area (Å²) in [6, 6.07) is 9.11. The molecule has 0 saturated carbocycles. The first kappa shape index (κ1) is 15.9. The molecule has 6 heteroatoms. The van der Waals surface area contributed by atoms with Gasteiger partial charge in [-0.1, -0.05) is 37.5 Å². The minimum Gasteiger partial charge on any atom is -0.359 e. The van der Waals surface area contributed by atoms with E-state index in [1.165, 1.54) is 0 Å². The number of rotatable bonds is 3. The molecule has 1 aromatic carbocycles. The standard InChI is InChI=1S/C17H20ClN3O2/c1-17(2,3)14-10-15(20-23-14)19-16(22)13-8-9-21(13)12-6-4-11(18)5-7-12/h4-7,10,13H,8-9H2,1-3H3,(H,19,20,22)/t13-/m0/s1. The Bertz CT molecular complexity index is 703. The van der Waals surface area contributed by atoms with Crippen molar-refractivity contribution in [3.8, 4) is 0 Å². The summed E-state index contributed by atoms with van der Waals surface area (Å²) < 4.78 is 5.29. The third-order valence-corrected chi connectivity index (χ3v) is 4.23. The number of aromatic nitrogens is 1. The number of nitrogens with one attached hydrogen (secondary N) is 1. The minimum absolute atomic E-state index is 0.0695. The number of halogens is 1. The summed E-state index contributed by atoms with van der Waals surface area (Å²) in [5, 5.41) is 7.45. The smallest absolute Gasteiger partial charge is 0.248 e. The molecule has 1 aliphatic heterocycles. The average molecular weight is 334 g/mol. The number of nitrogens with zero attached hydrogens (tertiary/aromatic N) is 2. The number of hydrogen-bond donors (Lipinski definition) is 1. The van der Waals surface area contributed by atoms with E-state index in [9.17, 15) is 4.79 Å². The van der Waals surface area contributed by atoms with Crippen LogP contribution in [0, 0.1) is 0 Å². The van der Waals surface area contributed by atoms with Gasteiger partial charge < -0.3 is 14.7 Å². The van der Waals surface area contributed by atoms with Crippen molar-refractivity contribution in [2.75, 3.05) is 16.8 Å². The Balaban J connectivity index is 1.66. The van der Waals surface area contributed by atoms with E-state index in [0.29, 0.717) is 10.8 Å². The summed E-state index contributed by atoms with van der Waals surface area (Å²) in [5.41, 5.74) is 0.859. The largest absolute Gasteiger partial charge is 0.359 e. The highest BCUT2D eigenvalue weighted by molar-refractivity contribution is 6.30. The zero-order valence-corrected chi connectivity index (χ0v) is 14.2. The van der Waals surface area contributed by atoms with Crippen molar-refractivity contribution >= 4 is 29.0 Å². The molecule has 1 saturated heterocycles. The third kappa shape index (κ3) is 3.34. The van der Waals surface area contributed by atoms with Crippen molar-refractivity contribution < 1.29 is 9.32 Å². The SMILES string of the molecule is CC(C)(C)c1cc(NC(=O)[C@@H]2CCN2c2ccc(Cl)cc2)no1. The molecule has 23 heavy (non-hydrogen) atoms. The highest BCUT2D eigenvalue weighted by Crippen LogP contribution is 2.29. The second kappa shape index (κ2) is 5.89. The van der Waals surface area contributed by atoms with Crippen LogP contribution in [-0.2, 0) is 10.2 Å². The van der Waals surface area contributed by atoms with Crippen LogP contribution in [0.5, 0.6) is 0 Å². The molecule has 1 atom stereocenters. The van der Waals surface area contributed by atoms with Crippen LogP contribution in [0.3, 0.4) is 0 Å². The predicted molar refractivity (Wildman–Crippen MR) is 91.0 cm³/mol. The van der Waals surface area contributed by atoms with E-state index < -0.39 is 0 Å². The van der Waals surface area contributed by atoms with Crippen LogP contribution in [0.15, 0.2) is 34.9 Å². The first-order valence-corrected chi connectivity index (χ1v) is 8.03. The molecule has 1 N–H and O–H groups in total. The van der Waals surface area contributed by atoms with Gasteiger partial charge in [-0.15, -0.1) is 0 Å². The molecule has 2 aromatic rings. The number of amides is 1. The summed E-state index contributed by atoms with van der Waals surface area (Å²) in [7, 11) is 0. The van der Waals surface area contributed by atoms with E-state index >= 15 is 0 Å². The fourth-order valence-electron chi connectivity index (χ4n) is 2.50. The van der Waals surface area contributed by atoms with E-state index in [1.54, 1.807) is 6.07 Å². The monoisotopic (exact) mass is 333 g/mol. The highest BCUT2D eigenvalue weighted by Gasteiger charge is 2.34. The molecule has 122 valence electrons. The van der Waals surface area contributed by atoms with Crippen LogP contribution in [-0.4, -0.2) is 23.7 Å². The minimum atomic E-state index is -0.189. The zero-order valence-electron chi connectivity index (χ0n) is 13.5. The molecule has 0 unspecified atom stereocenters. The zero-order chi connectivity index (χ0) is 16.6. The summed E-state index contributed by atoms with van der Waals surface area (Å²) in [6.07, 6.45) is 0.818. The molecule has 1 aromatic heterocycles. The molecular formula is C17H20ClN3O2. The van der Waals surface area contributed by atoms with Crippen LogP contribution in [0.25, 0.3) is 0 Å². The number of carbonyl (C=O) groups excluding carboxylic acids is 1. The Kier molecular flexibility index (Phi) is 4.06. The Morgan fingerprint density at radius 3 is 2.57 bits per heavy atom. The summed E-state index contributed by atoms with van der Waals surface area (Å²) in [6.45, 7) is 6.96. The first-order chi connectivity index (χ1) is 10.8. The van der Waals surface area contributed by atoms with E-state index in [1.807, 2.05) is 45.0 Å². The van der Waals surface area contributed by atoms with Gasteiger partial charge in [0, 0.05) is 28.7 Å². The molecule has 1 fully saturated rings. The lowest BCUT2D eigenvalue weighted by Gasteiger charge is -2.41. The van der Waals surface area contributed by atoms with Gasteiger partial charge in [0.1, 0.15) is 11.8 Å². The molecule has 0 spiro atoms. The Labute approximate surface area is 140 Å². The van der Waals surface area contributed by atoms with Crippen LogP contribution < -0.4 is 10.2 Å². The third-order valence-electron chi connectivity index (χ3n) is 3.98. The molecule has 5 nitrogen and oxygen atoms in total. The van der Waals surface area contributed by atoms with Gasteiger partial charge in [-0.05, 0) is 30.7 Å². The van der Waals surface area contributed by atoms with Crippen LogP contribution >= 0.6 is 11.6 Å². The van der Waals surface area contributed by atoms with Crippen LogP contribution in [0.2, 0.25) is 5.02 Å². The van der Waals surface area contributed by atoms with Gasteiger partial charge in [0.2, 0.25) is 5.91 Å². The molecule has 2 heterocycles. The lowest BCUT2D eigenvalue weighted by molar-refractivity contribution is -0.118. The van der Waals surface area contributed by atoms with Gasteiger partial charge in [0.05, 0.1) is 0 Å². The summed E-state index contributed by atoms with van der Waals surface area (Å²) >= 11 is 5.91. The molecule has 0 aliphatic carbocycles. The Morgan fingerprint density at radius 2 is 2.04 bits per heavy atom. The predicted octanol–water partition coefficient (Wildman–Crippen LogP) is 3.84. The van der Waals surface area contributed by atoms with Gasteiger partial charge in [-0.25, -0.2) is 0 Å². The van der Waals surface area contributed by atoms with Crippen molar-refractivity contribution in [3.63, 3.8) is 0 Å². The number of carbonyl (C=O) groups is 1. The summed E-state index contributed by atoms with van der Waals surface area (Å²) in [4.78, 5) is 14.5. The topological polar surface area (TPSA) is 58.4 Å². The lowest BCUT2D eigenvalue weighted by atomic mass is 9.93. The Morgan fingerprint density at radius 1 is 1.35 bits per heavy atom. The van der Waals surface area contributed by atoms with E-state index in [0.717, 1.165) is 24.4 Å². The second-order valence-corrected chi connectivity index (χ2v) is 7.23. The molecule has 1 amide bonds. The second-order valence-electron chi connectivity index (χ2n) is 6.79. The number of benzene rings is 1. The van der Waals surface area contributed by atoms with Gasteiger partial charge in [0.25, 0.3) is 0 Å². The van der Waals surface area contributed by atoms with Gasteiger partial charge in [-0.3, -0.25) is 4.79 Å². The van der Waals surface area contributed by atoms with Gasteiger partial charge >= 0.3 is 0 Å². The first-order valence-electron chi connectivity index (χ1n) is 7.65. The normalized spacial score (nSPS) is 17.7. The van der Waals surface area contributed by atoms with Crippen molar-refractivity contribution in [3.05, 3.63) is 41.1 Å². The van der Waals surface area contributed by atoms with Crippen LogP contribution in [0.1, 0.15) is 33.0 Å². The van der Waals surface area contributed by atoms with Crippen molar-refractivity contribution in [1.82, 2.24) is 5.16 Å². The van der Waals surface area contributed by atoms with Crippen LogP contribution in [0.4, 0.5) is 11.5 Å². The molecule has 0 bridgehead atoms. The lowest BCUT2D eigenvalue weighted by Crippen LogP contribution is -2.54. The molecule has 1 aliphatic rings. The van der Waals surface area contributed by atoms with Gasteiger partial charge in [0.15, 0.2) is 5.82 Å². The molecule has 0 radical (unpaired) electrons.